The van der Waals surface area contributed by atoms with Gasteiger partial charge in [-0.05, 0) is 122 Å². The molecule has 19 nitrogen and oxygen atoms in total. The van der Waals surface area contributed by atoms with Crippen molar-refractivity contribution >= 4 is 108 Å². The summed E-state index contributed by atoms with van der Waals surface area (Å²) in [6.07, 6.45) is 0. The summed E-state index contributed by atoms with van der Waals surface area (Å²) in [4.78, 5) is 114. The first-order chi connectivity index (χ1) is 36.0. The summed E-state index contributed by atoms with van der Waals surface area (Å²) < 4.78 is 47.9. The first kappa shape index (κ1) is 46.8. The average Bonchev–Trinajstić information content (AvgIpc) is 3.40. The van der Waals surface area contributed by atoms with Crippen LogP contribution in [0, 0.1) is 6.92 Å². The monoisotopic (exact) mass is 1040 g/mol. The van der Waals surface area contributed by atoms with Crippen LogP contribution in [0.3, 0.4) is 0 Å². The molecule has 0 atom stereocenters. The summed E-state index contributed by atoms with van der Waals surface area (Å²) in [5.74, 6) is -5.20. The van der Waals surface area contributed by atoms with Crippen molar-refractivity contribution in [3.8, 4) is 22.6 Å². The van der Waals surface area contributed by atoms with Crippen LogP contribution in [-0.4, -0.2) is 77.4 Å². The standard InChI is InChI=1S/C54H30N4O15S2/c1-25-3-9-29(10-4-25)71-30-11-5-26(6-12-30)56-49(61)35-19-21-39-46-40(22-20-36(45(35)46)50(56)62)52(64)57(51(39)63)27-7-13-31(41(23-27)74-73-72-67)32-14-8-28(24-42(32)75(68,69)70)58-53(65)37-17-15-33-43-34(48(60)55(2)47(33)59)16-18-38(44(37)43)54(58)66/h3-24,67H,1-2H3,(H,68,69,70). The van der Waals surface area contributed by atoms with E-state index < -0.39 is 62.3 Å². The maximum atomic E-state index is 14.5. The van der Waals surface area contributed by atoms with Gasteiger partial charge in [-0.3, -0.25) is 47.8 Å². The number of hydrogen-bond donors (Lipinski definition) is 2. The van der Waals surface area contributed by atoms with E-state index in [1.54, 1.807) is 24.3 Å². The van der Waals surface area contributed by atoms with Gasteiger partial charge in [0.15, 0.2) is 0 Å². The predicted octanol–water partition coefficient (Wildman–Crippen LogP) is 9.06. The first-order valence-electron chi connectivity index (χ1n) is 22.4. The molecule has 12 rings (SSSR count). The van der Waals surface area contributed by atoms with Gasteiger partial charge in [0.05, 0.1) is 29.1 Å². The summed E-state index contributed by atoms with van der Waals surface area (Å²) in [6.45, 7) is 1.95. The molecule has 4 aliphatic rings. The molecule has 4 aliphatic heterocycles. The van der Waals surface area contributed by atoms with Gasteiger partial charge >= 0.3 is 0 Å². The Labute approximate surface area is 426 Å². The molecule has 75 heavy (non-hydrogen) atoms. The first-order valence-corrected chi connectivity index (χ1v) is 24.6. The Balaban J connectivity index is 0.876. The maximum Gasteiger partial charge on any atom is 0.295 e. The van der Waals surface area contributed by atoms with Crippen LogP contribution < -0.4 is 19.4 Å². The Hall–Kier alpha value is -9.22. The van der Waals surface area contributed by atoms with Crippen LogP contribution in [0.4, 0.5) is 17.1 Å². The molecular weight excluding hydrogens is 1010 g/mol. The van der Waals surface area contributed by atoms with Crippen molar-refractivity contribution in [1.29, 1.82) is 0 Å². The van der Waals surface area contributed by atoms with Crippen LogP contribution in [0.5, 0.6) is 11.5 Å². The minimum atomic E-state index is -5.22. The van der Waals surface area contributed by atoms with Crippen molar-refractivity contribution in [2.75, 3.05) is 21.7 Å². The molecule has 0 spiro atoms. The van der Waals surface area contributed by atoms with Gasteiger partial charge in [-0.15, -0.1) is 4.33 Å². The van der Waals surface area contributed by atoms with E-state index in [1.165, 1.54) is 85.9 Å². The van der Waals surface area contributed by atoms with Crippen LogP contribution in [0.25, 0.3) is 32.7 Å². The van der Waals surface area contributed by atoms with Crippen LogP contribution in [0.15, 0.2) is 143 Å². The number of ether oxygens (including phenoxy) is 1. The molecule has 2 N–H and O–H groups in total. The van der Waals surface area contributed by atoms with Gasteiger partial charge in [0.2, 0.25) is 0 Å². The number of anilines is 3. The average molecular weight is 1040 g/mol. The van der Waals surface area contributed by atoms with Crippen molar-refractivity contribution in [2.45, 2.75) is 16.7 Å². The quantitative estimate of drug-likeness (QED) is 0.0426. The summed E-state index contributed by atoms with van der Waals surface area (Å²) in [6, 6.07) is 31.7. The van der Waals surface area contributed by atoms with Crippen molar-refractivity contribution in [3.05, 3.63) is 184 Å². The van der Waals surface area contributed by atoms with Gasteiger partial charge in [0, 0.05) is 83.6 Å². The normalized spacial score (nSPS) is 15.0. The van der Waals surface area contributed by atoms with E-state index in [0.29, 0.717) is 28.4 Å². The molecule has 8 aromatic rings. The van der Waals surface area contributed by atoms with Gasteiger partial charge in [-0.2, -0.15) is 8.42 Å². The van der Waals surface area contributed by atoms with E-state index in [0.717, 1.165) is 26.3 Å². The predicted molar refractivity (Wildman–Crippen MR) is 268 cm³/mol. The highest BCUT2D eigenvalue weighted by molar-refractivity contribution is 7.94. The molecule has 0 radical (unpaired) electrons. The smallest absolute Gasteiger partial charge is 0.295 e. The molecule has 8 aromatic carbocycles. The highest BCUT2D eigenvalue weighted by Crippen LogP contribution is 2.45. The van der Waals surface area contributed by atoms with Gasteiger partial charge in [0.1, 0.15) is 16.4 Å². The third-order valence-electron chi connectivity index (χ3n) is 13.5. The second-order valence-corrected chi connectivity index (χ2v) is 19.8. The highest BCUT2D eigenvalue weighted by Gasteiger charge is 2.43. The molecule has 21 heteroatoms. The second-order valence-electron chi connectivity index (χ2n) is 17.6. The van der Waals surface area contributed by atoms with Crippen LogP contribution in [0.1, 0.15) is 88.4 Å². The fourth-order valence-electron chi connectivity index (χ4n) is 10.1. The molecule has 368 valence electrons. The summed E-state index contributed by atoms with van der Waals surface area (Å²) in [7, 11) is -3.92. The van der Waals surface area contributed by atoms with Crippen LogP contribution in [0.2, 0.25) is 0 Å². The fraction of sp³-hybridized carbons (Fsp3) is 0.0370. The minimum Gasteiger partial charge on any atom is -0.457 e. The van der Waals surface area contributed by atoms with Crippen LogP contribution >= 0.6 is 12.0 Å². The number of aryl methyl sites for hydroxylation is 1. The van der Waals surface area contributed by atoms with Crippen molar-refractivity contribution in [1.82, 2.24) is 4.90 Å². The van der Waals surface area contributed by atoms with Gasteiger partial charge in [-0.1, -0.05) is 34.9 Å². The summed E-state index contributed by atoms with van der Waals surface area (Å²) in [5, 5.41) is 13.4. The Morgan fingerprint density at radius 2 is 0.760 bits per heavy atom. The number of rotatable bonds is 10. The zero-order chi connectivity index (χ0) is 52.5. The third kappa shape index (κ3) is 7.01. The lowest BCUT2D eigenvalue weighted by molar-refractivity contribution is -0.432. The number of carbonyl (C=O) groups is 8. The minimum absolute atomic E-state index is 0.0336. The van der Waals surface area contributed by atoms with E-state index in [2.05, 4.69) is 5.04 Å². The Morgan fingerprint density at radius 1 is 0.427 bits per heavy atom. The lowest BCUT2D eigenvalue weighted by Gasteiger charge is -2.32. The van der Waals surface area contributed by atoms with Crippen molar-refractivity contribution in [2.24, 2.45) is 0 Å². The van der Waals surface area contributed by atoms with E-state index in [4.69, 9.17) is 9.07 Å². The molecular formula is C54H30N4O15S2. The van der Waals surface area contributed by atoms with Crippen LogP contribution in [-0.2, 0) is 19.5 Å². The van der Waals surface area contributed by atoms with Gasteiger partial charge < -0.3 is 4.74 Å². The molecule has 4 heterocycles. The molecule has 0 fully saturated rings. The zero-order valence-corrected chi connectivity index (χ0v) is 40.1. The topological polar surface area (TPSA) is 252 Å². The molecule has 0 aliphatic carbocycles. The second kappa shape index (κ2) is 16.9. The largest absolute Gasteiger partial charge is 0.457 e. The fourth-order valence-corrected chi connectivity index (χ4v) is 11.3. The van der Waals surface area contributed by atoms with Gasteiger partial charge in [0.25, 0.3) is 57.4 Å². The summed E-state index contributed by atoms with van der Waals surface area (Å²) in [5.41, 5.74) is 0.727. The van der Waals surface area contributed by atoms with E-state index in [-0.39, 0.29) is 99.1 Å². The molecule has 0 bridgehead atoms. The number of amides is 8. The lowest BCUT2D eigenvalue weighted by Crippen LogP contribution is -2.43. The third-order valence-corrected chi connectivity index (χ3v) is 15.1. The Bertz CT molecular complexity index is 4020. The van der Waals surface area contributed by atoms with Crippen molar-refractivity contribution < 1.29 is 70.7 Å². The lowest BCUT2D eigenvalue weighted by atomic mass is 9.85. The van der Waals surface area contributed by atoms with Gasteiger partial charge in [-0.25, -0.2) is 20.0 Å². The van der Waals surface area contributed by atoms with E-state index >= 15 is 0 Å². The molecule has 0 saturated heterocycles. The van der Waals surface area contributed by atoms with E-state index in [9.17, 15) is 56.6 Å². The maximum absolute atomic E-state index is 14.5. The number of imide groups is 4. The molecule has 0 aromatic heterocycles. The SMILES string of the molecule is Cc1ccc(Oc2ccc(N3C(=O)c4ccc5c6c(ccc(c46)C3=O)C(=O)N(c3ccc(-c4ccc(N6C(=O)c7ccc8c9c(ccc(c79)C6=O)C(=O)N(C)C8=O)cc4S(=O)(=O)O)c(SOOO)c3)C5=O)cc2)cc1. The molecule has 8 amide bonds. The number of hydrogen-bond acceptors (Lipinski definition) is 15. The molecule has 0 saturated carbocycles. The highest BCUT2D eigenvalue weighted by atomic mass is 32.2. The number of nitrogens with zero attached hydrogens (tertiary/aromatic N) is 4. The zero-order valence-electron chi connectivity index (χ0n) is 38.5. The Kier molecular flexibility index (Phi) is 10.6. The summed E-state index contributed by atoms with van der Waals surface area (Å²) >= 11 is 0.314. The number of carbonyl (C=O) groups excluding carboxylic acids is 8. The van der Waals surface area contributed by atoms with Crippen molar-refractivity contribution in [3.63, 3.8) is 0 Å². The van der Waals surface area contributed by atoms with E-state index in [1.807, 2.05) is 31.2 Å². The number of benzene rings is 8. The Morgan fingerprint density at radius 3 is 1.16 bits per heavy atom. The molecule has 0 unspecified atom stereocenters.